The van der Waals surface area contributed by atoms with E-state index in [0.29, 0.717) is 24.6 Å². The van der Waals surface area contributed by atoms with Crippen molar-refractivity contribution in [3.8, 4) is 17.2 Å². The molecule has 1 N–H and O–H groups in total. The summed E-state index contributed by atoms with van der Waals surface area (Å²) in [5.41, 5.74) is 1.73. The largest absolute Gasteiger partial charge is 0.497 e. The van der Waals surface area contributed by atoms with E-state index in [0.717, 1.165) is 29.2 Å². The van der Waals surface area contributed by atoms with E-state index in [-0.39, 0.29) is 5.91 Å². The molecular weight excluding hydrogens is 312 g/mol. The van der Waals surface area contributed by atoms with E-state index in [4.69, 9.17) is 9.15 Å². The van der Waals surface area contributed by atoms with Crippen molar-refractivity contribution in [3.63, 3.8) is 0 Å². The summed E-state index contributed by atoms with van der Waals surface area (Å²) in [7, 11) is 1.63. The SMILES string of the molecule is CCCSCC(=O)NCCc1coc(-c2ccc(OC)cc2)n1. The number of thioether (sulfide) groups is 1. The second-order valence-electron chi connectivity index (χ2n) is 5.03. The quantitative estimate of drug-likeness (QED) is 0.714. The van der Waals surface area contributed by atoms with E-state index in [9.17, 15) is 4.79 Å². The first-order chi connectivity index (χ1) is 11.2. The van der Waals surface area contributed by atoms with Crippen LogP contribution in [-0.4, -0.2) is 36.1 Å². The van der Waals surface area contributed by atoms with Gasteiger partial charge in [0.2, 0.25) is 11.8 Å². The molecule has 0 radical (unpaired) electrons. The van der Waals surface area contributed by atoms with Crippen molar-refractivity contribution in [1.29, 1.82) is 0 Å². The number of rotatable bonds is 9. The van der Waals surface area contributed by atoms with Crippen LogP contribution in [0.4, 0.5) is 0 Å². The fourth-order valence-electron chi connectivity index (χ4n) is 1.98. The Hall–Kier alpha value is -1.95. The van der Waals surface area contributed by atoms with Crippen LogP contribution in [0.15, 0.2) is 34.9 Å². The van der Waals surface area contributed by atoms with Crippen LogP contribution in [0.1, 0.15) is 19.0 Å². The molecule has 5 nitrogen and oxygen atoms in total. The molecule has 1 aromatic carbocycles. The predicted octanol–water partition coefficient (Wildman–Crippen LogP) is 3.15. The molecule has 23 heavy (non-hydrogen) atoms. The number of hydrogen-bond donors (Lipinski definition) is 1. The lowest BCUT2D eigenvalue weighted by molar-refractivity contribution is -0.118. The molecule has 1 heterocycles. The van der Waals surface area contributed by atoms with Crippen molar-refractivity contribution < 1.29 is 13.9 Å². The van der Waals surface area contributed by atoms with Gasteiger partial charge in [0.1, 0.15) is 12.0 Å². The highest BCUT2D eigenvalue weighted by Crippen LogP contribution is 2.21. The minimum Gasteiger partial charge on any atom is -0.497 e. The van der Waals surface area contributed by atoms with E-state index >= 15 is 0 Å². The van der Waals surface area contributed by atoms with Crippen LogP contribution in [0.3, 0.4) is 0 Å². The molecule has 0 unspecified atom stereocenters. The first-order valence-corrected chi connectivity index (χ1v) is 8.81. The van der Waals surface area contributed by atoms with Gasteiger partial charge in [-0.2, -0.15) is 11.8 Å². The minimum atomic E-state index is 0.0716. The van der Waals surface area contributed by atoms with Crippen LogP contribution in [0.5, 0.6) is 5.75 Å². The van der Waals surface area contributed by atoms with Crippen molar-refractivity contribution in [1.82, 2.24) is 10.3 Å². The molecule has 1 amide bonds. The van der Waals surface area contributed by atoms with E-state index in [1.165, 1.54) is 0 Å². The Labute approximate surface area is 140 Å². The maximum Gasteiger partial charge on any atom is 0.230 e. The molecule has 2 rings (SSSR count). The lowest BCUT2D eigenvalue weighted by Crippen LogP contribution is -2.27. The third-order valence-electron chi connectivity index (χ3n) is 3.17. The van der Waals surface area contributed by atoms with Crippen molar-refractivity contribution >= 4 is 17.7 Å². The molecule has 6 heteroatoms. The number of carbonyl (C=O) groups is 1. The summed E-state index contributed by atoms with van der Waals surface area (Å²) in [4.78, 5) is 16.1. The number of aromatic nitrogens is 1. The van der Waals surface area contributed by atoms with E-state index < -0.39 is 0 Å². The first kappa shape index (κ1) is 17.4. The van der Waals surface area contributed by atoms with Crippen LogP contribution >= 0.6 is 11.8 Å². The third-order valence-corrected chi connectivity index (χ3v) is 4.34. The fourth-order valence-corrected chi connectivity index (χ4v) is 2.70. The molecule has 0 atom stereocenters. The Balaban J connectivity index is 1.79. The number of carbonyl (C=O) groups excluding carboxylic acids is 1. The lowest BCUT2D eigenvalue weighted by Gasteiger charge is -2.03. The summed E-state index contributed by atoms with van der Waals surface area (Å²) in [5.74, 6) is 2.98. The van der Waals surface area contributed by atoms with E-state index in [1.807, 2.05) is 24.3 Å². The van der Waals surface area contributed by atoms with Crippen LogP contribution in [-0.2, 0) is 11.2 Å². The number of benzene rings is 1. The zero-order chi connectivity index (χ0) is 16.5. The number of nitrogens with one attached hydrogen (secondary N) is 1. The normalized spacial score (nSPS) is 10.5. The first-order valence-electron chi connectivity index (χ1n) is 7.66. The monoisotopic (exact) mass is 334 g/mol. The van der Waals surface area contributed by atoms with Gasteiger partial charge in [0.15, 0.2) is 0 Å². The number of hydrogen-bond acceptors (Lipinski definition) is 5. The second-order valence-corrected chi connectivity index (χ2v) is 6.13. The molecule has 0 saturated carbocycles. The van der Waals surface area contributed by atoms with E-state index in [1.54, 1.807) is 25.1 Å². The highest BCUT2D eigenvalue weighted by Gasteiger charge is 2.07. The number of methoxy groups -OCH3 is 1. The molecule has 0 fully saturated rings. The van der Waals surface area contributed by atoms with Crippen LogP contribution in [0.2, 0.25) is 0 Å². The molecule has 0 saturated heterocycles. The minimum absolute atomic E-state index is 0.0716. The maximum atomic E-state index is 11.6. The highest BCUT2D eigenvalue weighted by atomic mass is 32.2. The average molecular weight is 334 g/mol. The Morgan fingerprint density at radius 2 is 2.13 bits per heavy atom. The van der Waals surface area contributed by atoms with Gasteiger partial charge in [-0.25, -0.2) is 4.98 Å². The molecule has 0 spiro atoms. The van der Waals surface area contributed by atoms with Gasteiger partial charge in [-0.15, -0.1) is 0 Å². The number of nitrogens with zero attached hydrogens (tertiary/aromatic N) is 1. The average Bonchev–Trinajstić information content (AvgIpc) is 3.04. The Morgan fingerprint density at radius 1 is 1.35 bits per heavy atom. The lowest BCUT2D eigenvalue weighted by atomic mass is 10.2. The van der Waals surface area contributed by atoms with Crippen molar-refractivity contribution in [2.45, 2.75) is 19.8 Å². The number of amides is 1. The standard InChI is InChI=1S/C17H22N2O3S/c1-3-10-23-12-16(20)18-9-8-14-11-22-17(19-14)13-4-6-15(21-2)7-5-13/h4-7,11H,3,8-10,12H2,1-2H3,(H,18,20). The maximum absolute atomic E-state index is 11.6. The van der Waals surface area contributed by atoms with Crippen LogP contribution in [0.25, 0.3) is 11.5 Å². The second kappa shape index (κ2) is 9.25. The zero-order valence-corrected chi connectivity index (χ0v) is 14.3. The van der Waals surface area contributed by atoms with Crippen LogP contribution in [0, 0.1) is 0 Å². The zero-order valence-electron chi connectivity index (χ0n) is 13.5. The van der Waals surface area contributed by atoms with Gasteiger partial charge in [0.25, 0.3) is 0 Å². The summed E-state index contributed by atoms with van der Waals surface area (Å²) in [6, 6.07) is 7.54. The van der Waals surface area contributed by atoms with Gasteiger partial charge in [0.05, 0.1) is 18.6 Å². The van der Waals surface area contributed by atoms with Crippen molar-refractivity contribution in [2.24, 2.45) is 0 Å². The van der Waals surface area contributed by atoms with Crippen LogP contribution < -0.4 is 10.1 Å². The molecule has 0 bridgehead atoms. The van der Waals surface area contributed by atoms with Gasteiger partial charge < -0.3 is 14.5 Å². The van der Waals surface area contributed by atoms with Crippen molar-refractivity contribution in [3.05, 3.63) is 36.2 Å². The van der Waals surface area contributed by atoms with Gasteiger partial charge in [-0.05, 0) is 36.4 Å². The Bertz CT molecular complexity index is 611. The predicted molar refractivity (Wildman–Crippen MR) is 92.8 cm³/mol. The molecule has 124 valence electrons. The molecule has 0 aliphatic heterocycles. The molecule has 0 aliphatic carbocycles. The summed E-state index contributed by atoms with van der Waals surface area (Å²) >= 11 is 1.66. The van der Waals surface area contributed by atoms with Gasteiger partial charge >= 0.3 is 0 Å². The van der Waals surface area contributed by atoms with Gasteiger partial charge in [0, 0.05) is 18.5 Å². The van der Waals surface area contributed by atoms with Gasteiger partial charge in [-0.1, -0.05) is 6.92 Å². The molecule has 1 aromatic heterocycles. The number of ether oxygens (including phenoxy) is 1. The smallest absolute Gasteiger partial charge is 0.230 e. The molecule has 0 aliphatic rings. The van der Waals surface area contributed by atoms with Gasteiger partial charge in [-0.3, -0.25) is 4.79 Å². The molecular formula is C17H22N2O3S. The third kappa shape index (κ3) is 5.63. The number of oxazole rings is 1. The summed E-state index contributed by atoms with van der Waals surface area (Å²) in [6.07, 6.45) is 3.38. The summed E-state index contributed by atoms with van der Waals surface area (Å²) in [6.45, 7) is 2.68. The highest BCUT2D eigenvalue weighted by molar-refractivity contribution is 7.99. The molecule has 2 aromatic rings. The Morgan fingerprint density at radius 3 is 2.83 bits per heavy atom. The van der Waals surface area contributed by atoms with E-state index in [2.05, 4.69) is 17.2 Å². The summed E-state index contributed by atoms with van der Waals surface area (Å²) in [5, 5.41) is 2.90. The Kier molecular flexibility index (Phi) is 7.00. The summed E-state index contributed by atoms with van der Waals surface area (Å²) < 4.78 is 10.6. The fraction of sp³-hybridized carbons (Fsp3) is 0.412. The topological polar surface area (TPSA) is 64.4 Å². The van der Waals surface area contributed by atoms with Crippen molar-refractivity contribution in [2.75, 3.05) is 25.2 Å².